The fraction of sp³-hybridized carbons (Fsp3) is 0.364. The van der Waals surface area contributed by atoms with Gasteiger partial charge in [0.15, 0.2) is 0 Å². The van der Waals surface area contributed by atoms with Gasteiger partial charge in [0.05, 0.1) is 10.6 Å². The van der Waals surface area contributed by atoms with Gasteiger partial charge in [-0.1, -0.05) is 27.5 Å². The van der Waals surface area contributed by atoms with E-state index in [9.17, 15) is 9.90 Å². The minimum Gasteiger partial charge on any atom is -0.508 e. The molecule has 0 spiro atoms. The van der Waals surface area contributed by atoms with Crippen molar-refractivity contribution < 1.29 is 9.90 Å². The molecule has 5 heteroatoms. The number of benzene rings is 1. The molecule has 0 radical (unpaired) electrons. The van der Waals surface area contributed by atoms with Crippen LogP contribution < -0.4 is 5.32 Å². The minimum absolute atomic E-state index is 0.0303. The van der Waals surface area contributed by atoms with E-state index >= 15 is 0 Å². The monoisotopic (exact) mass is 305 g/mol. The van der Waals surface area contributed by atoms with Crippen LogP contribution in [0.25, 0.3) is 0 Å². The summed E-state index contributed by atoms with van der Waals surface area (Å²) in [6.07, 6.45) is 0.835. The molecule has 1 atom stereocenters. The molecule has 0 aromatic heterocycles. The van der Waals surface area contributed by atoms with Gasteiger partial charge in [0.1, 0.15) is 5.75 Å². The molecule has 0 bridgehead atoms. The average molecular weight is 307 g/mol. The summed E-state index contributed by atoms with van der Waals surface area (Å²) in [7, 11) is 0. The Kier molecular flexibility index (Phi) is 5.09. The third-order valence-corrected chi connectivity index (χ3v) is 2.90. The zero-order valence-electron chi connectivity index (χ0n) is 8.84. The fourth-order valence-electron chi connectivity index (χ4n) is 1.22. The number of amides is 1. The van der Waals surface area contributed by atoms with E-state index < -0.39 is 0 Å². The van der Waals surface area contributed by atoms with Crippen molar-refractivity contribution in [2.75, 3.05) is 5.33 Å². The molecule has 0 aliphatic carbocycles. The molecule has 0 fully saturated rings. The Morgan fingerprint density at radius 1 is 1.62 bits per heavy atom. The van der Waals surface area contributed by atoms with Gasteiger partial charge in [-0.25, -0.2) is 0 Å². The lowest BCUT2D eigenvalue weighted by Crippen LogP contribution is -2.32. The van der Waals surface area contributed by atoms with Gasteiger partial charge in [-0.05, 0) is 31.5 Å². The molecule has 0 saturated heterocycles. The van der Waals surface area contributed by atoms with Crippen molar-refractivity contribution in [3.05, 3.63) is 28.8 Å². The van der Waals surface area contributed by atoms with Gasteiger partial charge in [0, 0.05) is 11.4 Å². The largest absolute Gasteiger partial charge is 0.508 e. The third kappa shape index (κ3) is 3.68. The number of nitrogens with one attached hydrogen (secondary N) is 1. The van der Waals surface area contributed by atoms with Gasteiger partial charge in [-0.3, -0.25) is 4.79 Å². The zero-order valence-corrected chi connectivity index (χ0v) is 11.2. The van der Waals surface area contributed by atoms with Crippen LogP contribution >= 0.6 is 27.5 Å². The summed E-state index contributed by atoms with van der Waals surface area (Å²) in [6, 6.07) is 4.37. The number of hydrogen-bond donors (Lipinski definition) is 2. The maximum absolute atomic E-state index is 11.8. The molecule has 0 heterocycles. The highest BCUT2D eigenvalue weighted by atomic mass is 79.9. The van der Waals surface area contributed by atoms with Crippen LogP contribution in [0.3, 0.4) is 0 Å². The lowest BCUT2D eigenvalue weighted by Gasteiger charge is -2.13. The number of phenolic OH excluding ortho intramolecular Hbond substituents is 1. The van der Waals surface area contributed by atoms with Gasteiger partial charge >= 0.3 is 0 Å². The van der Waals surface area contributed by atoms with Crippen LogP contribution in [0.15, 0.2) is 18.2 Å². The zero-order chi connectivity index (χ0) is 12.1. The van der Waals surface area contributed by atoms with Crippen LogP contribution in [-0.4, -0.2) is 22.4 Å². The van der Waals surface area contributed by atoms with Crippen molar-refractivity contribution in [1.29, 1.82) is 0 Å². The van der Waals surface area contributed by atoms with Crippen LogP contribution in [0.4, 0.5) is 0 Å². The summed E-state index contributed by atoms with van der Waals surface area (Å²) in [5.41, 5.74) is 0.295. The predicted molar refractivity (Wildman–Crippen MR) is 68.5 cm³/mol. The van der Waals surface area contributed by atoms with Crippen LogP contribution in [0.2, 0.25) is 5.02 Å². The van der Waals surface area contributed by atoms with Crippen LogP contribution in [0.1, 0.15) is 23.7 Å². The summed E-state index contributed by atoms with van der Waals surface area (Å²) in [5, 5.41) is 13.2. The number of halogens is 2. The number of aromatic hydroxyl groups is 1. The van der Waals surface area contributed by atoms with E-state index in [0.717, 1.165) is 11.8 Å². The van der Waals surface area contributed by atoms with Crippen LogP contribution in [-0.2, 0) is 0 Å². The highest BCUT2D eigenvalue weighted by molar-refractivity contribution is 9.09. The molecule has 3 nitrogen and oxygen atoms in total. The van der Waals surface area contributed by atoms with Crippen molar-refractivity contribution in [2.45, 2.75) is 19.4 Å². The first-order valence-corrected chi connectivity index (χ1v) is 6.40. The normalized spacial score (nSPS) is 12.2. The van der Waals surface area contributed by atoms with Gasteiger partial charge < -0.3 is 10.4 Å². The highest BCUT2D eigenvalue weighted by Gasteiger charge is 2.13. The lowest BCUT2D eigenvalue weighted by atomic mass is 10.1. The number of rotatable bonds is 4. The van der Waals surface area contributed by atoms with Crippen molar-refractivity contribution in [3.8, 4) is 5.75 Å². The Bertz CT molecular complexity index is 384. The van der Waals surface area contributed by atoms with E-state index in [-0.39, 0.29) is 17.7 Å². The molecule has 1 rings (SSSR count). The molecule has 0 aliphatic heterocycles. The molecule has 1 unspecified atom stereocenters. The fourth-order valence-corrected chi connectivity index (χ4v) is 2.11. The Morgan fingerprint density at radius 2 is 2.31 bits per heavy atom. The quantitative estimate of drug-likeness (QED) is 0.840. The molecular formula is C11H13BrClNO2. The molecule has 1 aromatic rings. The lowest BCUT2D eigenvalue weighted by molar-refractivity contribution is 0.0939. The van der Waals surface area contributed by atoms with E-state index in [2.05, 4.69) is 21.2 Å². The predicted octanol–water partition coefficient (Wildman–Crippen LogP) is 2.95. The van der Waals surface area contributed by atoms with Crippen molar-refractivity contribution in [3.63, 3.8) is 0 Å². The van der Waals surface area contributed by atoms with Gasteiger partial charge in [-0.15, -0.1) is 0 Å². The molecule has 0 saturated carbocycles. The minimum atomic E-state index is -0.269. The molecule has 2 N–H and O–H groups in total. The average Bonchev–Trinajstić information content (AvgIpc) is 2.21. The summed E-state index contributed by atoms with van der Waals surface area (Å²) in [5.74, 6) is -0.239. The van der Waals surface area contributed by atoms with E-state index in [1.54, 1.807) is 0 Å². The number of alkyl halides is 1. The summed E-state index contributed by atoms with van der Waals surface area (Å²) in [6.45, 7) is 1.91. The first-order chi connectivity index (χ1) is 7.54. The maximum Gasteiger partial charge on any atom is 0.253 e. The van der Waals surface area contributed by atoms with Gasteiger partial charge in [0.2, 0.25) is 0 Å². The maximum atomic E-state index is 11.8. The smallest absolute Gasteiger partial charge is 0.253 e. The van der Waals surface area contributed by atoms with Crippen LogP contribution in [0, 0.1) is 0 Å². The van der Waals surface area contributed by atoms with E-state index in [0.29, 0.717) is 10.6 Å². The number of carbonyl (C=O) groups excluding carboxylic acids is 1. The van der Waals surface area contributed by atoms with Crippen molar-refractivity contribution in [2.24, 2.45) is 0 Å². The Balaban J connectivity index is 2.76. The van der Waals surface area contributed by atoms with Crippen molar-refractivity contribution in [1.82, 2.24) is 5.32 Å². The van der Waals surface area contributed by atoms with Gasteiger partial charge in [-0.2, -0.15) is 0 Å². The first-order valence-electron chi connectivity index (χ1n) is 4.90. The number of carbonyl (C=O) groups is 1. The molecule has 1 aromatic carbocycles. The topological polar surface area (TPSA) is 49.3 Å². The Morgan fingerprint density at radius 3 is 2.94 bits per heavy atom. The highest BCUT2D eigenvalue weighted by Crippen LogP contribution is 2.21. The molecule has 16 heavy (non-hydrogen) atoms. The second-order valence-electron chi connectivity index (χ2n) is 3.52. The SMILES string of the molecule is CC(CCBr)NC(=O)c1cc(O)ccc1Cl. The van der Waals surface area contributed by atoms with Gasteiger partial charge in [0.25, 0.3) is 5.91 Å². The molecule has 0 aliphatic rings. The molecule has 88 valence electrons. The third-order valence-electron chi connectivity index (χ3n) is 2.11. The summed E-state index contributed by atoms with van der Waals surface area (Å²) in [4.78, 5) is 11.8. The second kappa shape index (κ2) is 6.11. The summed E-state index contributed by atoms with van der Waals surface area (Å²) < 4.78 is 0. The Hall–Kier alpha value is -0.740. The summed E-state index contributed by atoms with van der Waals surface area (Å²) >= 11 is 9.18. The second-order valence-corrected chi connectivity index (χ2v) is 4.72. The number of phenols is 1. The first kappa shape index (κ1) is 13.3. The molecule has 1 amide bonds. The number of hydrogen-bond acceptors (Lipinski definition) is 2. The van der Waals surface area contributed by atoms with E-state index in [1.807, 2.05) is 6.92 Å². The van der Waals surface area contributed by atoms with Crippen molar-refractivity contribution >= 4 is 33.4 Å². The molecular weight excluding hydrogens is 293 g/mol. The standard InChI is InChI=1S/C11H13BrClNO2/c1-7(4-5-12)14-11(16)9-6-8(15)2-3-10(9)13/h2-3,6-7,15H,4-5H2,1H3,(H,14,16). The van der Waals surface area contributed by atoms with E-state index in [1.165, 1.54) is 18.2 Å². The van der Waals surface area contributed by atoms with E-state index in [4.69, 9.17) is 11.6 Å². The Labute approximate surface area is 108 Å². The van der Waals surface area contributed by atoms with Crippen LogP contribution in [0.5, 0.6) is 5.75 Å².